The van der Waals surface area contributed by atoms with Gasteiger partial charge in [0.25, 0.3) is 0 Å². The van der Waals surface area contributed by atoms with Crippen molar-refractivity contribution in [2.24, 2.45) is 5.92 Å². The van der Waals surface area contributed by atoms with E-state index in [0.29, 0.717) is 5.92 Å². The summed E-state index contributed by atoms with van der Waals surface area (Å²) >= 11 is 12.5. The van der Waals surface area contributed by atoms with E-state index in [1.54, 1.807) is 0 Å². The van der Waals surface area contributed by atoms with E-state index >= 15 is 0 Å². The lowest BCUT2D eigenvalue weighted by Crippen LogP contribution is -2.52. The fraction of sp³-hybridized carbons (Fsp3) is 0.625. The minimum absolute atomic E-state index is 0.409. The summed E-state index contributed by atoms with van der Waals surface area (Å²) in [5.74, 6) is 0.409. The summed E-state index contributed by atoms with van der Waals surface area (Å²) in [6.07, 6.45) is 5.40. The van der Waals surface area contributed by atoms with Crippen LogP contribution < -0.4 is 0 Å². The van der Waals surface area contributed by atoms with Gasteiger partial charge in [-0.2, -0.15) is 0 Å². The molecule has 1 saturated carbocycles. The van der Waals surface area contributed by atoms with Gasteiger partial charge in [0, 0.05) is 41.2 Å². The molecule has 0 spiro atoms. The third kappa shape index (κ3) is 2.85. The Labute approximate surface area is 130 Å². The largest absolute Gasteiger partial charge is 0.390 e. The zero-order valence-corrected chi connectivity index (χ0v) is 13.1. The van der Waals surface area contributed by atoms with Crippen LogP contribution in [0.25, 0.3) is 0 Å². The van der Waals surface area contributed by atoms with Crippen molar-refractivity contribution in [3.05, 3.63) is 33.8 Å². The van der Waals surface area contributed by atoms with Crippen molar-refractivity contribution in [3.63, 3.8) is 0 Å². The lowest BCUT2D eigenvalue weighted by atomic mass is 9.71. The van der Waals surface area contributed by atoms with Crippen molar-refractivity contribution < 1.29 is 5.11 Å². The third-order valence-corrected chi connectivity index (χ3v) is 5.66. The number of likely N-dealkylation sites (tertiary alicyclic amines) is 1. The van der Waals surface area contributed by atoms with Crippen molar-refractivity contribution >= 4 is 23.2 Å². The Balaban J connectivity index is 1.71. The number of halogens is 2. The van der Waals surface area contributed by atoms with E-state index in [1.165, 1.54) is 12.8 Å². The average molecular weight is 314 g/mol. The molecule has 0 amide bonds. The molecule has 2 aliphatic rings. The molecule has 0 radical (unpaired) electrons. The number of fused-ring (bicyclic) bond motifs is 1. The summed E-state index contributed by atoms with van der Waals surface area (Å²) in [5, 5.41) is 12.2. The first-order valence-electron chi connectivity index (χ1n) is 7.46. The molecule has 1 aliphatic heterocycles. The van der Waals surface area contributed by atoms with E-state index < -0.39 is 5.60 Å². The first-order valence-corrected chi connectivity index (χ1v) is 8.22. The number of hydrogen-bond acceptors (Lipinski definition) is 2. The van der Waals surface area contributed by atoms with Gasteiger partial charge in [-0.3, -0.25) is 4.90 Å². The van der Waals surface area contributed by atoms with Crippen molar-refractivity contribution in [3.8, 4) is 0 Å². The molecule has 0 aromatic heterocycles. The molecule has 1 aromatic carbocycles. The van der Waals surface area contributed by atoms with Crippen LogP contribution in [0.3, 0.4) is 0 Å². The molecule has 2 nitrogen and oxygen atoms in total. The number of hydrogen-bond donors (Lipinski definition) is 1. The van der Waals surface area contributed by atoms with E-state index in [0.717, 1.165) is 54.5 Å². The first kappa shape index (κ1) is 14.6. The van der Waals surface area contributed by atoms with Gasteiger partial charge in [-0.05, 0) is 31.4 Å². The molecule has 2 atom stereocenters. The van der Waals surface area contributed by atoms with Crippen LogP contribution in [0.5, 0.6) is 0 Å². The highest BCUT2D eigenvalue weighted by Crippen LogP contribution is 2.40. The third-order valence-electron chi connectivity index (χ3n) is 4.96. The fourth-order valence-corrected chi connectivity index (χ4v) is 4.21. The molecular formula is C16H21Cl2NO. The molecule has 1 aromatic rings. The summed E-state index contributed by atoms with van der Waals surface area (Å²) in [6.45, 7) is 2.66. The SMILES string of the molecule is OC12CCCCC1CN(Cc1c(Cl)cccc1Cl)CC2. The van der Waals surface area contributed by atoms with Gasteiger partial charge < -0.3 is 5.11 Å². The van der Waals surface area contributed by atoms with Crippen LogP contribution >= 0.6 is 23.2 Å². The molecule has 2 fully saturated rings. The standard InChI is InChI=1S/C16H21Cl2NO/c17-14-5-3-6-15(18)13(14)11-19-9-8-16(20)7-2-1-4-12(16)10-19/h3,5-6,12,20H,1-2,4,7-11H2. The molecule has 0 bridgehead atoms. The Morgan fingerprint density at radius 3 is 2.70 bits per heavy atom. The molecule has 20 heavy (non-hydrogen) atoms. The molecular weight excluding hydrogens is 293 g/mol. The lowest BCUT2D eigenvalue weighted by molar-refractivity contribution is -0.0967. The Hall–Kier alpha value is -0.280. The summed E-state index contributed by atoms with van der Waals surface area (Å²) < 4.78 is 0. The number of benzene rings is 1. The molecule has 3 rings (SSSR count). The lowest BCUT2D eigenvalue weighted by Gasteiger charge is -2.47. The molecule has 4 heteroatoms. The monoisotopic (exact) mass is 313 g/mol. The summed E-state index contributed by atoms with van der Waals surface area (Å²) in [4.78, 5) is 2.39. The van der Waals surface area contributed by atoms with Crippen molar-refractivity contribution in [1.82, 2.24) is 4.90 Å². The molecule has 1 heterocycles. The normalized spacial score (nSPS) is 31.1. The van der Waals surface area contributed by atoms with E-state index in [1.807, 2.05) is 18.2 Å². The zero-order chi connectivity index (χ0) is 14.2. The number of piperidine rings is 1. The van der Waals surface area contributed by atoms with Gasteiger partial charge in [0.2, 0.25) is 0 Å². The van der Waals surface area contributed by atoms with Gasteiger partial charge in [0.05, 0.1) is 5.60 Å². The fourth-order valence-electron chi connectivity index (χ4n) is 3.69. The highest BCUT2D eigenvalue weighted by Gasteiger charge is 2.42. The van der Waals surface area contributed by atoms with Gasteiger partial charge in [-0.1, -0.05) is 42.1 Å². The maximum absolute atomic E-state index is 10.7. The number of nitrogens with zero attached hydrogens (tertiary/aromatic N) is 1. The van der Waals surface area contributed by atoms with Gasteiger partial charge in [-0.15, -0.1) is 0 Å². The van der Waals surface area contributed by atoms with Crippen LogP contribution in [-0.4, -0.2) is 28.7 Å². The first-order chi connectivity index (χ1) is 9.58. The molecule has 1 aliphatic carbocycles. The highest BCUT2D eigenvalue weighted by molar-refractivity contribution is 6.35. The van der Waals surface area contributed by atoms with Gasteiger partial charge in [0.1, 0.15) is 0 Å². The second-order valence-electron chi connectivity index (χ2n) is 6.23. The van der Waals surface area contributed by atoms with Crippen LogP contribution in [0.15, 0.2) is 18.2 Å². The molecule has 2 unspecified atom stereocenters. The Kier molecular flexibility index (Phi) is 4.28. The quantitative estimate of drug-likeness (QED) is 0.887. The number of rotatable bonds is 2. The minimum Gasteiger partial charge on any atom is -0.390 e. The molecule has 110 valence electrons. The Bertz CT molecular complexity index is 473. The number of aliphatic hydroxyl groups is 1. The van der Waals surface area contributed by atoms with Crippen molar-refractivity contribution in [2.75, 3.05) is 13.1 Å². The Morgan fingerprint density at radius 2 is 1.95 bits per heavy atom. The van der Waals surface area contributed by atoms with Crippen LogP contribution in [0.2, 0.25) is 10.0 Å². The second kappa shape index (κ2) is 5.84. The second-order valence-corrected chi connectivity index (χ2v) is 7.05. The van der Waals surface area contributed by atoms with E-state index in [9.17, 15) is 5.11 Å². The van der Waals surface area contributed by atoms with Crippen LogP contribution in [0.4, 0.5) is 0 Å². The van der Waals surface area contributed by atoms with Crippen molar-refractivity contribution in [1.29, 1.82) is 0 Å². The van der Waals surface area contributed by atoms with Gasteiger partial charge in [0.15, 0.2) is 0 Å². The zero-order valence-electron chi connectivity index (χ0n) is 11.6. The summed E-state index contributed by atoms with van der Waals surface area (Å²) in [6, 6.07) is 5.66. The van der Waals surface area contributed by atoms with E-state index in [2.05, 4.69) is 4.90 Å². The predicted molar refractivity (Wildman–Crippen MR) is 83.3 cm³/mol. The average Bonchev–Trinajstić information content (AvgIpc) is 2.43. The maximum Gasteiger partial charge on any atom is 0.0700 e. The van der Waals surface area contributed by atoms with Gasteiger partial charge >= 0.3 is 0 Å². The molecule has 1 N–H and O–H groups in total. The topological polar surface area (TPSA) is 23.5 Å². The van der Waals surface area contributed by atoms with E-state index in [-0.39, 0.29) is 0 Å². The minimum atomic E-state index is -0.418. The van der Waals surface area contributed by atoms with Crippen LogP contribution in [0, 0.1) is 5.92 Å². The highest BCUT2D eigenvalue weighted by atomic mass is 35.5. The summed E-state index contributed by atoms with van der Waals surface area (Å²) in [7, 11) is 0. The van der Waals surface area contributed by atoms with Crippen molar-refractivity contribution in [2.45, 2.75) is 44.2 Å². The molecule has 1 saturated heterocycles. The smallest absolute Gasteiger partial charge is 0.0700 e. The van der Waals surface area contributed by atoms with Crippen LogP contribution in [-0.2, 0) is 6.54 Å². The summed E-state index contributed by atoms with van der Waals surface area (Å²) in [5.41, 5.74) is 0.594. The van der Waals surface area contributed by atoms with E-state index in [4.69, 9.17) is 23.2 Å². The maximum atomic E-state index is 10.7. The van der Waals surface area contributed by atoms with Gasteiger partial charge in [-0.25, -0.2) is 0 Å². The predicted octanol–water partition coefficient (Wildman–Crippen LogP) is 4.12. The van der Waals surface area contributed by atoms with Crippen LogP contribution in [0.1, 0.15) is 37.7 Å². The Morgan fingerprint density at radius 1 is 1.20 bits per heavy atom.